The molecule has 0 aliphatic heterocycles. The lowest BCUT2D eigenvalue weighted by atomic mass is 10.1. The third-order valence-corrected chi connectivity index (χ3v) is 3.34. The summed E-state index contributed by atoms with van der Waals surface area (Å²) in [7, 11) is 0. The van der Waals surface area contributed by atoms with Crippen LogP contribution >= 0.6 is 11.6 Å². The van der Waals surface area contributed by atoms with Crippen molar-refractivity contribution in [1.29, 1.82) is 0 Å². The highest BCUT2D eigenvalue weighted by atomic mass is 35.5. The molecular weight excluding hydrogens is 238 g/mol. The highest BCUT2D eigenvalue weighted by Gasteiger charge is 2.10. The number of hydrogen-bond donors (Lipinski definition) is 1. The van der Waals surface area contributed by atoms with Gasteiger partial charge in [0, 0.05) is 0 Å². The first-order valence-corrected chi connectivity index (χ1v) is 6.41. The third kappa shape index (κ3) is 2.91. The van der Waals surface area contributed by atoms with Gasteiger partial charge in [-0.3, -0.25) is 4.98 Å². The van der Waals surface area contributed by atoms with Crippen LogP contribution in [0.1, 0.15) is 43.5 Å². The van der Waals surface area contributed by atoms with Gasteiger partial charge in [0.15, 0.2) is 5.58 Å². The van der Waals surface area contributed by atoms with E-state index in [1.807, 2.05) is 18.2 Å². The topological polar surface area (TPSA) is 46.0 Å². The van der Waals surface area contributed by atoms with Gasteiger partial charge in [0.25, 0.3) is 0 Å². The van der Waals surface area contributed by atoms with Gasteiger partial charge in [-0.25, -0.2) is 4.79 Å². The molecule has 1 unspecified atom stereocenters. The second kappa shape index (κ2) is 5.41. The average molecular weight is 254 g/mol. The quantitative estimate of drug-likeness (QED) is 0.647. The van der Waals surface area contributed by atoms with Crippen molar-refractivity contribution in [3.63, 3.8) is 0 Å². The minimum atomic E-state index is -0.422. The number of aromatic amines is 1. The molecule has 0 spiro atoms. The number of hydrogen-bond acceptors (Lipinski definition) is 2. The first kappa shape index (κ1) is 12.2. The fourth-order valence-corrected chi connectivity index (χ4v) is 2.19. The molecule has 0 aliphatic rings. The van der Waals surface area contributed by atoms with Crippen LogP contribution in [0.3, 0.4) is 0 Å². The van der Waals surface area contributed by atoms with Crippen LogP contribution in [-0.2, 0) is 0 Å². The van der Waals surface area contributed by atoms with Crippen LogP contribution in [-0.4, -0.2) is 4.98 Å². The van der Waals surface area contributed by atoms with E-state index in [2.05, 4.69) is 11.9 Å². The van der Waals surface area contributed by atoms with Gasteiger partial charge in [-0.1, -0.05) is 32.3 Å². The molecule has 0 aliphatic carbocycles. The molecule has 92 valence electrons. The molecule has 0 bridgehead atoms. The molecule has 0 fully saturated rings. The minimum Gasteiger partial charge on any atom is -0.408 e. The Morgan fingerprint density at radius 3 is 3.00 bits per heavy atom. The summed E-state index contributed by atoms with van der Waals surface area (Å²) < 4.78 is 5.01. The van der Waals surface area contributed by atoms with Crippen LogP contribution in [0.25, 0.3) is 11.1 Å². The van der Waals surface area contributed by atoms with Gasteiger partial charge in [-0.2, -0.15) is 0 Å². The zero-order chi connectivity index (χ0) is 12.3. The summed E-state index contributed by atoms with van der Waals surface area (Å²) in [6, 6.07) is 5.62. The van der Waals surface area contributed by atoms with Crippen molar-refractivity contribution in [3.05, 3.63) is 34.3 Å². The number of unbranched alkanes of at least 4 members (excludes halogenated alkanes) is 2. The Bertz CT molecular complexity index is 544. The molecule has 1 atom stereocenters. The molecule has 4 heteroatoms. The SMILES string of the molecule is CCCCCC(Cl)c1ccc2[nH]c(=O)oc2c1. The number of benzene rings is 1. The Hall–Kier alpha value is -1.22. The molecule has 2 aromatic rings. The van der Waals surface area contributed by atoms with Gasteiger partial charge >= 0.3 is 5.76 Å². The van der Waals surface area contributed by atoms with E-state index in [1.54, 1.807) is 0 Å². The lowest BCUT2D eigenvalue weighted by molar-refractivity contribution is 0.554. The van der Waals surface area contributed by atoms with Gasteiger partial charge in [-0.05, 0) is 24.1 Å². The second-order valence-corrected chi connectivity index (χ2v) is 4.76. The van der Waals surface area contributed by atoms with Crippen LogP contribution in [0.4, 0.5) is 0 Å². The van der Waals surface area contributed by atoms with Crippen molar-refractivity contribution in [2.24, 2.45) is 0 Å². The number of rotatable bonds is 5. The van der Waals surface area contributed by atoms with Crippen LogP contribution in [0.2, 0.25) is 0 Å². The lowest BCUT2D eigenvalue weighted by Gasteiger charge is -2.08. The summed E-state index contributed by atoms with van der Waals surface area (Å²) in [4.78, 5) is 13.6. The van der Waals surface area contributed by atoms with E-state index in [4.69, 9.17) is 16.0 Å². The van der Waals surface area contributed by atoms with E-state index in [0.29, 0.717) is 5.58 Å². The van der Waals surface area contributed by atoms with Crippen molar-refractivity contribution >= 4 is 22.7 Å². The molecule has 0 saturated heterocycles. The van der Waals surface area contributed by atoms with Crippen molar-refractivity contribution in [1.82, 2.24) is 4.98 Å². The molecule has 1 aromatic heterocycles. The van der Waals surface area contributed by atoms with Crippen molar-refractivity contribution in [2.75, 3.05) is 0 Å². The lowest BCUT2D eigenvalue weighted by Crippen LogP contribution is -1.92. The van der Waals surface area contributed by atoms with Crippen molar-refractivity contribution in [2.45, 2.75) is 38.0 Å². The van der Waals surface area contributed by atoms with E-state index in [9.17, 15) is 4.79 Å². The van der Waals surface area contributed by atoms with Crippen LogP contribution in [0, 0.1) is 0 Å². The van der Waals surface area contributed by atoms with E-state index >= 15 is 0 Å². The van der Waals surface area contributed by atoms with E-state index < -0.39 is 5.76 Å². The number of alkyl halides is 1. The fourth-order valence-electron chi connectivity index (χ4n) is 1.90. The van der Waals surface area contributed by atoms with Crippen LogP contribution < -0.4 is 5.76 Å². The van der Waals surface area contributed by atoms with E-state index in [0.717, 1.165) is 23.9 Å². The van der Waals surface area contributed by atoms with E-state index in [-0.39, 0.29) is 5.38 Å². The Labute approximate surface area is 105 Å². The molecule has 2 rings (SSSR count). The normalized spacial score (nSPS) is 13.1. The maximum absolute atomic E-state index is 11.0. The summed E-state index contributed by atoms with van der Waals surface area (Å²) in [6.07, 6.45) is 4.47. The standard InChI is InChI=1S/C13H16ClNO2/c1-2-3-4-5-10(14)9-6-7-11-12(8-9)17-13(16)15-11/h6-8,10H,2-5H2,1H3,(H,15,16). The Balaban J connectivity index is 2.14. The van der Waals surface area contributed by atoms with Crippen molar-refractivity contribution in [3.8, 4) is 0 Å². The largest absolute Gasteiger partial charge is 0.417 e. The third-order valence-electron chi connectivity index (χ3n) is 2.87. The molecule has 0 radical (unpaired) electrons. The Kier molecular flexibility index (Phi) is 3.89. The molecule has 0 saturated carbocycles. The molecule has 1 aromatic carbocycles. The summed E-state index contributed by atoms with van der Waals surface area (Å²) in [5.41, 5.74) is 2.31. The molecule has 1 heterocycles. The zero-order valence-corrected chi connectivity index (χ0v) is 10.6. The first-order chi connectivity index (χ1) is 8.20. The maximum Gasteiger partial charge on any atom is 0.417 e. The average Bonchev–Trinajstić information content (AvgIpc) is 2.68. The smallest absolute Gasteiger partial charge is 0.408 e. The zero-order valence-electron chi connectivity index (χ0n) is 9.83. The number of aromatic nitrogens is 1. The van der Waals surface area contributed by atoms with Gasteiger partial charge < -0.3 is 4.42 Å². The predicted molar refractivity (Wildman–Crippen MR) is 69.6 cm³/mol. The van der Waals surface area contributed by atoms with Gasteiger partial charge in [0.2, 0.25) is 0 Å². The summed E-state index contributed by atoms with van der Waals surface area (Å²) in [5.74, 6) is -0.422. The molecule has 0 amide bonds. The second-order valence-electron chi connectivity index (χ2n) is 4.23. The maximum atomic E-state index is 11.0. The summed E-state index contributed by atoms with van der Waals surface area (Å²) in [6.45, 7) is 2.17. The van der Waals surface area contributed by atoms with E-state index in [1.165, 1.54) is 12.8 Å². The first-order valence-electron chi connectivity index (χ1n) is 5.97. The number of halogens is 1. The van der Waals surface area contributed by atoms with Gasteiger partial charge in [0.1, 0.15) is 0 Å². The number of fused-ring (bicyclic) bond motifs is 1. The van der Waals surface area contributed by atoms with Gasteiger partial charge in [-0.15, -0.1) is 11.6 Å². The number of oxazole rings is 1. The highest BCUT2D eigenvalue weighted by molar-refractivity contribution is 6.20. The van der Waals surface area contributed by atoms with Crippen LogP contribution in [0.5, 0.6) is 0 Å². The fraction of sp³-hybridized carbons (Fsp3) is 0.462. The highest BCUT2D eigenvalue weighted by Crippen LogP contribution is 2.28. The van der Waals surface area contributed by atoms with Crippen molar-refractivity contribution < 1.29 is 4.42 Å². The monoisotopic (exact) mass is 253 g/mol. The number of nitrogens with one attached hydrogen (secondary N) is 1. The molecule has 3 nitrogen and oxygen atoms in total. The predicted octanol–water partition coefficient (Wildman–Crippen LogP) is 3.98. The van der Waals surface area contributed by atoms with Gasteiger partial charge in [0.05, 0.1) is 10.9 Å². The Morgan fingerprint density at radius 2 is 2.24 bits per heavy atom. The van der Waals surface area contributed by atoms with Crippen LogP contribution in [0.15, 0.2) is 27.4 Å². The number of H-pyrrole nitrogens is 1. The minimum absolute atomic E-state index is 0.00819. The summed E-state index contributed by atoms with van der Waals surface area (Å²) >= 11 is 6.32. The molecule has 1 N–H and O–H groups in total. The molecular formula is C13H16ClNO2. The molecule has 17 heavy (non-hydrogen) atoms. The Morgan fingerprint density at radius 1 is 1.41 bits per heavy atom. The summed E-state index contributed by atoms with van der Waals surface area (Å²) in [5, 5.41) is -0.00819.